The van der Waals surface area contributed by atoms with Crippen LogP contribution >= 0.6 is 0 Å². The fourth-order valence-electron chi connectivity index (χ4n) is 7.75. The van der Waals surface area contributed by atoms with Crippen molar-refractivity contribution in [3.8, 4) is 0 Å². The van der Waals surface area contributed by atoms with E-state index >= 15 is 0 Å². The number of aliphatic hydroxyl groups excluding tert-OH is 2. The van der Waals surface area contributed by atoms with Crippen LogP contribution in [0.2, 0.25) is 0 Å². The number of hydrogen-bond acceptors (Lipinski definition) is 8. The van der Waals surface area contributed by atoms with Gasteiger partial charge in [-0.15, -0.1) is 0 Å². The zero-order valence-corrected chi connectivity index (χ0v) is 19.1. The smallest absolute Gasteiger partial charge is 0.302 e. The zero-order chi connectivity index (χ0) is 23.8. The van der Waals surface area contributed by atoms with Crippen LogP contribution in [0.1, 0.15) is 53.4 Å². The average molecular weight is 449 g/mol. The molecule has 0 radical (unpaired) electrons. The van der Waals surface area contributed by atoms with Crippen molar-refractivity contribution in [2.75, 3.05) is 6.61 Å². The van der Waals surface area contributed by atoms with Crippen LogP contribution in [0.4, 0.5) is 0 Å². The molecule has 0 saturated heterocycles. The van der Waals surface area contributed by atoms with Crippen LogP contribution in [0.15, 0.2) is 12.2 Å². The third-order valence-corrected chi connectivity index (χ3v) is 9.17. The van der Waals surface area contributed by atoms with E-state index < -0.39 is 64.1 Å². The highest BCUT2D eigenvalue weighted by Crippen LogP contribution is 2.70. The first-order chi connectivity index (χ1) is 14.8. The second kappa shape index (κ2) is 7.22. The number of esters is 2. The Labute approximate surface area is 187 Å². The van der Waals surface area contributed by atoms with Gasteiger partial charge in [0.05, 0.1) is 23.5 Å². The Hall–Kier alpha value is -2.06. The summed E-state index contributed by atoms with van der Waals surface area (Å²) in [5.41, 5.74) is -2.84. The molecule has 0 aliphatic heterocycles. The minimum Gasteiger partial charge on any atom is -0.465 e. The van der Waals surface area contributed by atoms with Gasteiger partial charge in [0.25, 0.3) is 0 Å². The molecule has 2 bridgehead atoms. The summed E-state index contributed by atoms with van der Waals surface area (Å²) in [6, 6.07) is 0. The van der Waals surface area contributed by atoms with Gasteiger partial charge in [0.2, 0.25) is 0 Å². The quantitative estimate of drug-likeness (QED) is 0.489. The number of Topliss-reactive ketones (excluding diaryl/α,β-unsaturated/α-hetero) is 2. The fourth-order valence-corrected chi connectivity index (χ4v) is 7.75. The van der Waals surface area contributed by atoms with E-state index in [1.165, 1.54) is 13.8 Å². The number of carbonyl (C=O) groups is 4. The van der Waals surface area contributed by atoms with E-state index in [-0.39, 0.29) is 36.7 Å². The molecule has 176 valence electrons. The summed E-state index contributed by atoms with van der Waals surface area (Å²) >= 11 is 0. The Morgan fingerprint density at radius 1 is 1.12 bits per heavy atom. The molecule has 0 amide bonds. The summed E-state index contributed by atoms with van der Waals surface area (Å²) in [4.78, 5) is 49.9. The zero-order valence-electron chi connectivity index (χ0n) is 19.1. The Balaban J connectivity index is 1.83. The van der Waals surface area contributed by atoms with Gasteiger partial charge in [0.15, 0.2) is 5.78 Å². The van der Waals surface area contributed by atoms with Gasteiger partial charge in [-0.1, -0.05) is 20.4 Å². The van der Waals surface area contributed by atoms with Crippen molar-refractivity contribution >= 4 is 23.5 Å². The largest absolute Gasteiger partial charge is 0.465 e. The second-order valence-corrected chi connectivity index (χ2v) is 10.7. The number of aliphatic hydroxyl groups is 2. The number of hydrogen-bond donors (Lipinski definition) is 2. The predicted octanol–water partition coefficient (Wildman–Crippen LogP) is 1.36. The minimum absolute atomic E-state index is 0.0211. The van der Waals surface area contributed by atoms with Crippen molar-refractivity contribution in [1.29, 1.82) is 0 Å². The Morgan fingerprint density at radius 3 is 2.38 bits per heavy atom. The highest BCUT2D eigenvalue weighted by Gasteiger charge is 2.76. The highest BCUT2D eigenvalue weighted by atomic mass is 16.6. The maximum atomic E-state index is 13.4. The van der Waals surface area contributed by atoms with Crippen molar-refractivity contribution < 1.29 is 38.9 Å². The summed E-state index contributed by atoms with van der Waals surface area (Å²) in [5.74, 6) is -3.44. The molecular weight excluding hydrogens is 416 g/mol. The van der Waals surface area contributed by atoms with Crippen LogP contribution in [-0.2, 0) is 28.7 Å². The van der Waals surface area contributed by atoms with Crippen molar-refractivity contribution in [3.05, 3.63) is 12.2 Å². The molecular formula is C24H32O8. The normalized spacial score (nSPS) is 47.5. The van der Waals surface area contributed by atoms with Crippen molar-refractivity contribution in [2.45, 2.75) is 71.7 Å². The SMILES string of the molecule is C=C1C(=O)[C@@]23[C@H](O)C[C@@H]4[C@@](C)(COC(C)=O)[C@@H](OC(C)=O)CC[C@@]4(C)[C@@H]2CC(=O)[C@@H]1[C@H]3O. The van der Waals surface area contributed by atoms with Gasteiger partial charge in [-0.05, 0) is 36.5 Å². The summed E-state index contributed by atoms with van der Waals surface area (Å²) in [6.45, 7) is 10.3. The average Bonchev–Trinajstić information content (AvgIpc) is 2.83. The number of ether oxygens (including phenoxy) is 2. The molecule has 0 unspecified atom stereocenters. The maximum absolute atomic E-state index is 13.4. The van der Waals surface area contributed by atoms with Crippen LogP contribution in [0.25, 0.3) is 0 Å². The molecule has 2 N–H and O–H groups in total. The van der Waals surface area contributed by atoms with Gasteiger partial charge in [-0.2, -0.15) is 0 Å². The molecule has 4 aliphatic rings. The van der Waals surface area contributed by atoms with E-state index in [9.17, 15) is 29.4 Å². The summed E-state index contributed by atoms with van der Waals surface area (Å²) in [7, 11) is 0. The lowest BCUT2D eigenvalue weighted by molar-refractivity contribution is -0.247. The molecule has 1 spiro atoms. The molecule has 4 aliphatic carbocycles. The van der Waals surface area contributed by atoms with Crippen LogP contribution in [0, 0.1) is 34.0 Å². The third-order valence-electron chi connectivity index (χ3n) is 9.17. The second-order valence-electron chi connectivity index (χ2n) is 10.7. The van der Waals surface area contributed by atoms with E-state index in [4.69, 9.17) is 9.47 Å². The van der Waals surface area contributed by atoms with E-state index in [2.05, 4.69) is 6.58 Å². The molecule has 4 fully saturated rings. The van der Waals surface area contributed by atoms with Gasteiger partial charge in [-0.25, -0.2) is 0 Å². The first-order valence-electron chi connectivity index (χ1n) is 11.2. The van der Waals surface area contributed by atoms with E-state index in [1.807, 2.05) is 13.8 Å². The Morgan fingerprint density at radius 2 is 1.78 bits per heavy atom. The number of carbonyl (C=O) groups excluding carboxylic acids is 4. The summed E-state index contributed by atoms with van der Waals surface area (Å²) in [5, 5.41) is 22.6. The number of fused-ring (bicyclic) bond motifs is 3. The molecule has 4 rings (SSSR count). The number of rotatable bonds is 3. The first kappa shape index (κ1) is 23.1. The minimum atomic E-state index is -1.46. The lowest BCUT2D eigenvalue weighted by Crippen LogP contribution is -2.70. The summed E-state index contributed by atoms with van der Waals surface area (Å²) in [6.07, 6.45) is -1.84. The van der Waals surface area contributed by atoms with Gasteiger partial charge < -0.3 is 19.7 Å². The van der Waals surface area contributed by atoms with Crippen LogP contribution < -0.4 is 0 Å². The Kier molecular flexibility index (Phi) is 5.21. The van der Waals surface area contributed by atoms with E-state index in [0.29, 0.717) is 12.8 Å². The van der Waals surface area contributed by atoms with Gasteiger partial charge in [-0.3, -0.25) is 19.2 Å². The third kappa shape index (κ3) is 2.75. The molecule has 32 heavy (non-hydrogen) atoms. The molecule has 0 aromatic rings. The van der Waals surface area contributed by atoms with Crippen LogP contribution in [0.3, 0.4) is 0 Å². The maximum Gasteiger partial charge on any atom is 0.302 e. The van der Waals surface area contributed by atoms with Crippen molar-refractivity contribution in [2.24, 2.45) is 34.0 Å². The van der Waals surface area contributed by atoms with E-state index in [0.717, 1.165) is 0 Å². The predicted molar refractivity (Wildman–Crippen MR) is 111 cm³/mol. The van der Waals surface area contributed by atoms with Gasteiger partial charge >= 0.3 is 11.9 Å². The first-order valence-corrected chi connectivity index (χ1v) is 11.2. The van der Waals surface area contributed by atoms with Gasteiger partial charge in [0, 0.05) is 31.3 Å². The van der Waals surface area contributed by atoms with Crippen molar-refractivity contribution in [3.63, 3.8) is 0 Å². The van der Waals surface area contributed by atoms with Gasteiger partial charge in [0.1, 0.15) is 18.5 Å². The molecule has 0 aromatic carbocycles. The lowest BCUT2D eigenvalue weighted by Gasteiger charge is -2.66. The molecule has 4 saturated carbocycles. The molecule has 0 heterocycles. The van der Waals surface area contributed by atoms with Crippen molar-refractivity contribution in [1.82, 2.24) is 0 Å². The van der Waals surface area contributed by atoms with E-state index in [1.54, 1.807) is 0 Å². The number of ketones is 2. The fraction of sp³-hybridized carbons (Fsp3) is 0.750. The summed E-state index contributed by atoms with van der Waals surface area (Å²) < 4.78 is 11.0. The van der Waals surface area contributed by atoms with Crippen LogP contribution in [-0.4, -0.2) is 58.6 Å². The topological polar surface area (TPSA) is 127 Å². The molecule has 8 heteroatoms. The molecule has 9 atom stereocenters. The van der Waals surface area contributed by atoms with Crippen LogP contribution in [0.5, 0.6) is 0 Å². The molecule has 8 nitrogen and oxygen atoms in total. The Bertz CT molecular complexity index is 910. The molecule has 0 aromatic heterocycles. The standard InChI is InChI=1S/C24H32O8/c1-11-19-14(27)8-16-22(4)7-6-18(32-13(3)26)23(5,10-31-12(2)25)15(22)9-17(28)24(16,20(11)29)21(19)30/h15-19,21,28,30H,1,6-10H2,2-5H3/t15-,16-,17+,18-,19+,21+,22+,23+,24-/m0/s1. The monoisotopic (exact) mass is 448 g/mol. The lowest BCUT2D eigenvalue weighted by atomic mass is 9.39. The highest BCUT2D eigenvalue weighted by molar-refractivity contribution is 6.12.